The van der Waals surface area contributed by atoms with E-state index in [9.17, 15) is 0 Å². The molecule has 2 saturated heterocycles. The van der Waals surface area contributed by atoms with Gasteiger partial charge in [0.05, 0.1) is 18.9 Å². The summed E-state index contributed by atoms with van der Waals surface area (Å²) in [6.07, 6.45) is 6.50. The molecule has 1 aromatic heterocycles. The number of hydrogen-bond donors (Lipinski definition) is 0. The molecule has 0 amide bonds. The van der Waals surface area contributed by atoms with Crippen LogP contribution >= 0.6 is 0 Å². The Labute approximate surface area is 150 Å². The second kappa shape index (κ2) is 8.13. The Balaban J connectivity index is 1.35. The zero-order chi connectivity index (χ0) is 16.9. The summed E-state index contributed by atoms with van der Waals surface area (Å²) in [5, 5.41) is 4.34. The first-order valence-corrected chi connectivity index (χ1v) is 9.48. The molecule has 0 saturated carbocycles. The zero-order valence-electron chi connectivity index (χ0n) is 14.9. The SMILES string of the molecule is c1cc(CN2CCC[C@H](CN3CCOCC3)C2)cc(-n2cccn2)c1. The second-order valence-electron chi connectivity index (χ2n) is 7.28. The molecule has 3 heterocycles. The minimum Gasteiger partial charge on any atom is -0.379 e. The van der Waals surface area contributed by atoms with Crippen molar-refractivity contribution in [1.82, 2.24) is 19.6 Å². The molecule has 134 valence electrons. The number of piperidine rings is 1. The third-order valence-electron chi connectivity index (χ3n) is 5.31. The maximum atomic E-state index is 5.47. The van der Waals surface area contributed by atoms with Gasteiger partial charge in [-0.25, -0.2) is 4.68 Å². The van der Waals surface area contributed by atoms with Crippen molar-refractivity contribution in [2.24, 2.45) is 5.92 Å². The Kier molecular flexibility index (Phi) is 5.45. The first-order valence-electron chi connectivity index (χ1n) is 9.48. The second-order valence-corrected chi connectivity index (χ2v) is 7.28. The maximum Gasteiger partial charge on any atom is 0.0648 e. The van der Waals surface area contributed by atoms with E-state index < -0.39 is 0 Å². The van der Waals surface area contributed by atoms with E-state index in [4.69, 9.17) is 4.74 Å². The van der Waals surface area contributed by atoms with Gasteiger partial charge in [-0.1, -0.05) is 12.1 Å². The highest BCUT2D eigenvalue weighted by atomic mass is 16.5. The molecular weight excluding hydrogens is 312 g/mol. The Bertz CT molecular complexity index is 651. The Morgan fingerprint density at radius 1 is 1.08 bits per heavy atom. The lowest BCUT2D eigenvalue weighted by Gasteiger charge is -2.36. The van der Waals surface area contributed by atoms with E-state index in [1.165, 1.54) is 38.0 Å². The van der Waals surface area contributed by atoms with Crippen LogP contribution in [0.2, 0.25) is 0 Å². The van der Waals surface area contributed by atoms with Crippen LogP contribution in [0.3, 0.4) is 0 Å². The van der Waals surface area contributed by atoms with E-state index in [1.54, 1.807) is 0 Å². The van der Waals surface area contributed by atoms with Crippen LogP contribution in [0, 0.1) is 5.92 Å². The fraction of sp³-hybridized carbons (Fsp3) is 0.550. The summed E-state index contributed by atoms with van der Waals surface area (Å²) in [7, 11) is 0. The normalized spacial score (nSPS) is 23.0. The zero-order valence-corrected chi connectivity index (χ0v) is 14.9. The summed E-state index contributed by atoms with van der Waals surface area (Å²) >= 11 is 0. The lowest BCUT2D eigenvalue weighted by Crippen LogP contribution is -2.44. The average molecular weight is 340 g/mol. The highest BCUT2D eigenvalue weighted by Crippen LogP contribution is 2.21. The molecule has 0 N–H and O–H groups in total. The molecule has 2 aliphatic heterocycles. The number of morpholine rings is 1. The summed E-state index contributed by atoms with van der Waals surface area (Å²) in [5.74, 6) is 0.793. The van der Waals surface area contributed by atoms with Crippen LogP contribution in [0.4, 0.5) is 0 Å². The summed E-state index contributed by atoms with van der Waals surface area (Å²) in [6.45, 7) is 8.69. The van der Waals surface area contributed by atoms with Crippen LogP contribution < -0.4 is 0 Å². The standard InChI is InChI=1S/C20H28N4O/c1-4-18(14-20(6-1)24-9-3-7-21-24)15-23-8-2-5-19(17-23)16-22-10-12-25-13-11-22/h1,3-4,6-7,9,14,19H,2,5,8,10-13,15-17H2/t19-/m1/s1. The average Bonchev–Trinajstić information content (AvgIpc) is 3.18. The van der Waals surface area contributed by atoms with Crippen molar-refractivity contribution in [2.75, 3.05) is 45.9 Å². The maximum absolute atomic E-state index is 5.47. The number of aromatic nitrogens is 2. The molecule has 0 bridgehead atoms. The summed E-state index contributed by atoms with van der Waals surface area (Å²) in [5.41, 5.74) is 2.52. The van der Waals surface area contributed by atoms with Crippen LogP contribution in [0.15, 0.2) is 42.7 Å². The van der Waals surface area contributed by atoms with Gasteiger partial charge >= 0.3 is 0 Å². The molecule has 2 aromatic rings. The number of ether oxygens (including phenoxy) is 1. The van der Waals surface area contributed by atoms with Crippen molar-refractivity contribution >= 4 is 0 Å². The van der Waals surface area contributed by atoms with Gasteiger partial charge in [-0.05, 0) is 49.1 Å². The van der Waals surface area contributed by atoms with Crippen LogP contribution in [0.25, 0.3) is 5.69 Å². The lowest BCUT2D eigenvalue weighted by molar-refractivity contribution is 0.0224. The predicted octanol–water partition coefficient (Wildman–Crippen LogP) is 2.42. The molecule has 2 aliphatic rings. The highest BCUT2D eigenvalue weighted by Gasteiger charge is 2.23. The van der Waals surface area contributed by atoms with Gasteiger partial charge in [0.25, 0.3) is 0 Å². The molecule has 2 fully saturated rings. The number of hydrogen-bond acceptors (Lipinski definition) is 4. The van der Waals surface area contributed by atoms with E-state index in [1.807, 2.05) is 23.1 Å². The van der Waals surface area contributed by atoms with Crippen LogP contribution in [0.5, 0.6) is 0 Å². The minimum absolute atomic E-state index is 0.793. The van der Waals surface area contributed by atoms with Gasteiger partial charge in [0, 0.05) is 45.1 Å². The molecule has 0 unspecified atom stereocenters. The van der Waals surface area contributed by atoms with Crippen molar-refractivity contribution < 1.29 is 4.74 Å². The van der Waals surface area contributed by atoms with E-state index in [2.05, 4.69) is 39.2 Å². The highest BCUT2D eigenvalue weighted by molar-refractivity contribution is 5.35. The topological polar surface area (TPSA) is 33.5 Å². The Hall–Kier alpha value is -1.69. The smallest absolute Gasteiger partial charge is 0.0648 e. The van der Waals surface area contributed by atoms with E-state index >= 15 is 0 Å². The molecule has 1 aromatic carbocycles. The summed E-state index contributed by atoms with van der Waals surface area (Å²) in [4.78, 5) is 5.20. The van der Waals surface area contributed by atoms with Crippen molar-refractivity contribution in [1.29, 1.82) is 0 Å². The molecule has 5 nitrogen and oxygen atoms in total. The molecule has 0 spiro atoms. The first-order chi connectivity index (χ1) is 12.4. The van der Waals surface area contributed by atoms with Gasteiger partial charge in [-0.3, -0.25) is 9.80 Å². The summed E-state index contributed by atoms with van der Waals surface area (Å²) in [6, 6.07) is 10.7. The molecule has 5 heteroatoms. The number of rotatable bonds is 5. The molecule has 0 aliphatic carbocycles. The fourth-order valence-electron chi connectivity index (χ4n) is 4.07. The van der Waals surface area contributed by atoms with Crippen LogP contribution in [-0.4, -0.2) is 65.5 Å². The minimum atomic E-state index is 0.793. The van der Waals surface area contributed by atoms with Crippen molar-refractivity contribution in [2.45, 2.75) is 19.4 Å². The van der Waals surface area contributed by atoms with Crippen LogP contribution in [-0.2, 0) is 11.3 Å². The molecular formula is C20H28N4O. The first kappa shape index (κ1) is 16.8. The van der Waals surface area contributed by atoms with E-state index in [-0.39, 0.29) is 0 Å². The summed E-state index contributed by atoms with van der Waals surface area (Å²) < 4.78 is 7.40. The van der Waals surface area contributed by atoms with Gasteiger partial charge in [-0.2, -0.15) is 5.10 Å². The van der Waals surface area contributed by atoms with E-state index in [0.717, 1.165) is 44.5 Å². The monoisotopic (exact) mass is 340 g/mol. The molecule has 1 atom stereocenters. The molecule has 4 rings (SSSR count). The van der Waals surface area contributed by atoms with Gasteiger partial charge in [-0.15, -0.1) is 0 Å². The Morgan fingerprint density at radius 3 is 2.84 bits per heavy atom. The third-order valence-corrected chi connectivity index (χ3v) is 5.31. The largest absolute Gasteiger partial charge is 0.379 e. The molecule has 0 radical (unpaired) electrons. The number of nitrogens with zero attached hydrogens (tertiary/aromatic N) is 4. The van der Waals surface area contributed by atoms with Gasteiger partial charge in [0.15, 0.2) is 0 Å². The van der Waals surface area contributed by atoms with Crippen molar-refractivity contribution in [3.8, 4) is 5.69 Å². The van der Waals surface area contributed by atoms with Gasteiger partial charge in [0.2, 0.25) is 0 Å². The fourth-order valence-corrected chi connectivity index (χ4v) is 4.07. The Morgan fingerprint density at radius 2 is 2.00 bits per heavy atom. The van der Waals surface area contributed by atoms with E-state index in [0.29, 0.717) is 0 Å². The molecule has 25 heavy (non-hydrogen) atoms. The van der Waals surface area contributed by atoms with Crippen molar-refractivity contribution in [3.63, 3.8) is 0 Å². The van der Waals surface area contributed by atoms with Gasteiger partial charge in [0.1, 0.15) is 0 Å². The quantitative estimate of drug-likeness (QED) is 0.837. The third kappa shape index (κ3) is 4.48. The predicted molar refractivity (Wildman–Crippen MR) is 98.8 cm³/mol. The van der Waals surface area contributed by atoms with Gasteiger partial charge < -0.3 is 4.74 Å². The number of benzene rings is 1. The van der Waals surface area contributed by atoms with Crippen LogP contribution in [0.1, 0.15) is 18.4 Å². The number of likely N-dealkylation sites (tertiary alicyclic amines) is 1. The lowest BCUT2D eigenvalue weighted by atomic mass is 9.96. The van der Waals surface area contributed by atoms with Crippen molar-refractivity contribution in [3.05, 3.63) is 48.3 Å².